The molecule has 1 atom stereocenters. The summed E-state index contributed by atoms with van der Waals surface area (Å²) in [6.07, 6.45) is 0. The zero-order valence-electron chi connectivity index (χ0n) is 7.49. The van der Waals surface area contributed by atoms with E-state index in [1.54, 1.807) is 0 Å². The lowest BCUT2D eigenvalue weighted by Crippen LogP contribution is -2.29. The van der Waals surface area contributed by atoms with Gasteiger partial charge in [0.2, 0.25) is 5.78 Å². The van der Waals surface area contributed by atoms with Gasteiger partial charge in [-0.25, -0.2) is 0 Å². The average molecular weight is 190 g/mol. The first kappa shape index (κ1) is 8.74. The van der Waals surface area contributed by atoms with Crippen molar-refractivity contribution in [1.29, 1.82) is 0 Å². The summed E-state index contributed by atoms with van der Waals surface area (Å²) in [7, 11) is 0. The number of rotatable bonds is 2. The van der Waals surface area contributed by atoms with Gasteiger partial charge in [-0.2, -0.15) is 0 Å². The Morgan fingerprint density at radius 2 is 2.07 bits per heavy atom. The zero-order chi connectivity index (χ0) is 10.1. The number of carbonyl (C=O) groups is 2. The van der Waals surface area contributed by atoms with Crippen LogP contribution in [0.15, 0.2) is 24.3 Å². The lowest BCUT2D eigenvalue weighted by molar-refractivity contribution is -0.136. The van der Waals surface area contributed by atoms with E-state index in [4.69, 9.17) is 5.73 Å². The van der Waals surface area contributed by atoms with Crippen molar-refractivity contribution in [2.75, 3.05) is 11.9 Å². The number of nitrogens with one attached hydrogen (secondary N) is 1. The average Bonchev–Trinajstić information content (AvgIpc) is 2.60. The molecule has 1 unspecified atom stereocenters. The van der Waals surface area contributed by atoms with Crippen molar-refractivity contribution in [3.8, 4) is 0 Å². The van der Waals surface area contributed by atoms with Gasteiger partial charge in [0, 0.05) is 12.2 Å². The van der Waals surface area contributed by atoms with Gasteiger partial charge >= 0.3 is 0 Å². The minimum Gasteiger partial charge on any atom is -0.384 e. The molecular formula is C10H10N2O2. The molecule has 1 aromatic carbocycles. The first-order valence-electron chi connectivity index (χ1n) is 4.36. The number of benzene rings is 1. The lowest BCUT2D eigenvalue weighted by atomic mass is 9.96. The summed E-state index contributed by atoms with van der Waals surface area (Å²) >= 11 is 0. The topological polar surface area (TPSA) is 72.2 Å². The van der Waals surface area contributed by atoms with Crippen LogP contribution in [0.4, 0.5) is 5.69 Å². The highest BCUT2D eigenvalue weighted by Gasteiger charge is 2.30. The van der Waals surface area contributed by atoms with E-state index in [0.717, 1.165) is 11.3 Å². The second-order valence-corrected chi connectivity index (χ2v) is 3.25. The smallest absolute Gasteiger partial charge is 0.285 e. The summed E-state index contributed by atoms with van der Waals surface area (Å²) in [6, 6.07) is 7.43. The Bertz CT molecular complexity index is 401. The van der Waals surface area contributed by atoms with Crippen LogP contribution in [0.3, 0.4) is 0 Å². The van der Waals surface area contributed by atoms with Crippen molar-refractivity contribution in [2.45, 2.75) is 5.92 Å². The van der Waals surface area contributed by atoms with Crippen LogP contribution in [0, 0.1) is 0 Å². The third-order valence-corrected chi connectivity index (χ3v) is 2.39. The number of fused-ring (bicyclic) bond motifs is 1. The number of hydrogen-bond acceptors (Lipinski definition) is 3. The van der Waals surface area contributed by atoms with Crippen LogP contribution >= 0.6 is 0 Å². The summed E-state index contributed by atoms with van der Waals surface area (Å²) in [5, 5.41) is 3.06. The molecule has 3 N–H and O–H groups in total. The van der Waals surface area contributed by atoms with Gasteiger partial charge in [0.1, 0.15) is 0 Å². The van der Waals surface area contributed by atoms with Crippen molar-refractivity contribution in [1.82, 2.24) is 0 Å². The van der Waals surface area contributed by atoms with Crippen molar-refractivity contribution in [2.24, 2.45) is 5.73 Å². The monoisotopic (exact) mass is 190 g/mol. The number of anilines is 1. The molecule has 2 rings (SSSR count). The maximum absolute atomic E-state index is 11.4. The van der Waals surface area contributed by atoms with E-state index in [1.165, 1.54) is 0 Å². The predicted octanol–water partition coefficient (Wildman–Crippen LogP) is 0.250. The van der Waals surface area contributed by atoms with Crippen LogP contribution in [0.25, 0.3) is 0 Å². The number of nitrogens with two attached hydrogens (primary N) is 1. The van der Waals surface area contributed by atoms with Crippen molar-refractivity contribution < 1.29 is 9.59 Å². The molecule has 1 heterocycles. The molecule has 0 spiro atoms. The van der Waals surface area contributed by atoms with Crippen LogP contribution in [-0.4, -0.2) is 18.2 Å². The summed E-state index contributed by atoms with van der Waals surface area (Å²) in [5.74, 6) is -1.81. The number of para-hydroxylation sites is 1. The SMILES string of the molecule is NC(=O)C(=O)C1CNc2ccccc21. The van der Waals surface area contributed by atoms with Crippen molar-refractivity contribution in [3.05, 3.63) is 29.8 Å². The Morgan fingerprint density at radius 1 is 1.36 bits per heavy atom. The molecule has 0 radical (unpaired) electrons. The van der Waals surface area contributed by atoms with E-state index >= 15 is 0 Å². The maximum Gasteiger partial charge on any atom is 0.285 e. The molecule has 0 bridgehead atoms. The van der Waals surface area contributed by atoms with E-state index in [-0.39, 0.29) is 0 Å². The van der Waals surface area contributed by atoms with Gasteiger partial charge in [-0.05, 0) is 11.6 Å². The zero-order valence-corrected chi connectivity index (χ0v) is 7.49. The molecule has 0 aliphatic carbocycles. The van der Waals surface area contributed by atoms with Gasteiger partial charge in [-0.3, -0.25) is 9.59 Å². The molecule has 4 nitrogen and oxygen atoms in total. The quantitative estimate of drug-likeness (QED) is 0.656. The second-order valence-electron chi connectivity index (χ2n) is 3.25. The Kier molecular flexibility index (Phi) is 1.96. The van der Waals surface area contributed by atoms with Crippen LogP contribution in [0.5, 0.6) is 0 Å². The maximum atomic E-state index is 11.4. The lowest BCUT2D eigenvalue weighted by Gasteiger charge is -2.04. The standard InChI is InChI=1S/C10H10N2O2/c11-10(14)9(13)7-5-12-8-4-2-1-3-6(7)8/h1-4,7,12H,5H2,(H2,11,14). The molecule has 72 valence electrons. The number of carbonyl (C=O) groups excluding carboxylic acids is 2. The van der Waals surface area contributed by atoms with Gasteiger partial charge in [0.15, 0.2) is 0 Å². The second kappa shape index (κ2) is 3.14. The summed E-state index contributed by atoms with van der Waals surface area (Å²) in [5.41, 5.74) is 6.72. The Balaban J connectivity index is 2.35. The Hall–Kier alpha value is -1.84. The van der Waals surface area contributed by atoms with E-state index in [9.17, 15) is 9.59 Å². The normalized spacial score (nSPS) is 18.4. The fourth-order valence-corrected chi connectivity index (χ4v) is 1.69. The number of primary amides is 1. The van der Waals surface area contributed by atoms with Crippen LogP contribution in [0.2, 0.25) is 0 Å². The molecule has 1 aliphatic heterocycles. The van der Waals surface area contributed by atoms with Gasteiger partial charge in [-0.1, -0.05) is 18.2 Å². The predicted molar refractivity (Wildman–Crippen MR) is 51.9 cm³/mol. The highest BCUT2D eigenvalue weighted by molar-refractivity contribution is 6.38. The third kappa shape index (κ3) is 1.25. The molecule has 0 saturated heterocycles. The molecule has 0 saturated carbocycles. The van der Waals surface area contributed by atoms with Gasteiger partial charge < -0.3 is 11.1 Å². The fraction of sp³-hybridized carbons (Fsp3) is 0.200. The largest absolute Gasteiger partial charge is 0.384 e. The van der Waals surface area contributed by atoms with Crippen LogP contribution in [-0.2, 0) is 9.59 Å². The minimum absolute atomic E-state index is 0.413. The molecule has 4 heteroatoms. The number of amides is 1. The molecule has 1 aromatic rings. The van der Waals surface area contributed by atoms with Crippen LogP contribution < -0.4 is 11.1 Å². The Morgan fingerprint density at radius 3 is 2.79 bits per heavy atom. The summed E-state index contributed by atoms with van der Waals surface area (Å²) in [6.45, 7) is 0.459. The fourth-order valence-electron chi connectivity index (χ4n) is 1.69. The van der Waals surface area contributed by atoms with E-state index in [1.807, 2.05) is 24.3 Å². The van der Waals surface area contributed by atoms with Gasteiger partial charge in [-0.15, -0.1) is 0 Å². The van der Waals surface area contributed by atoms with E-state index in [2.05, 4.69) is 5.32 Å². The van der Waals surface area contributed by atoms with Gasteiger partial charge in [0.05, 0.1) is 5.92 Å². The Labute approximate surface area is 81.1 Å². The molecule has 0 aromatic heterocycles. The number of hydrogen-bond donors (Lipinski definition) is 2. The van der Waals surface area contributed by atoms with E-state index in [0.29, 0.717) is 6.54 Å². The van der Waals surface area contributed by atoms with Crippen molar-refractivity contribution in [3.63, 3.8) is 0 Å². The molecular weight excluding hydrogens is 180 g/mol. The third-order valence-electron chi connectivity index (χ3n) is 2.39. The molecule has 0 fully saturated rings. The molecule has 14 heavy (non-hydrogen) atoms. The molecule has 1 aliphatic rings. The highest BCUT2D eigenvalue weighted by Crippen LogP contribution is 2.31. The first-order chi connectivity index (χ1) is 6.70. The minimum atomic E-state index is -0.867. The highest BCUT2D eigenvalue weighted by atomic mass is 16.2. The van der Waals surface area contributed by atoms with E-state index < -0.39 is 17.6 Å². The summed E-state index contributed by atoms with van der Waals surface area (Å²) < 4.78 is 0. The number of ketones is 1. The number of Topliss-reactive ketones (excluding diaryl/α,β-unsaturated/α-hetero) is 1. The summed E-state index contributed by atoms with van der Waals surface area (Å²) in [4.78, 5) is 22.1. The van der Waals surface area contributed by atoms with Crippen LogP contribution in [0.1, 0.15) is 11.5 Å². The first-order valence-corrected chi connectivity index (χ1v) is 4.36. The molecule has 1 amide bonds. The van der Waals surface area contributed by atoms with Gasteiger partial charge in [0.25, 0.3) is 5.91 Å². The van der Waals surface area contributed by atoms with Crippen molar-refractivity contribution >= 4 is 17.4 Å².